The van der Waals surface area contributed by atoms with E-state index in [1.54, 1.807) is 0 Å². The highest BCUT2D eigenvalue weighted by Gasteiger charge is 2.25. The fourth-order valence-corrected chi connectivity index (χ4v) is 3.10. The van der Waals surface area contributed by atoms with E-state index in [2.05, 4.69) is 102 Å². The molecule has 0 spiro atoms. The maximum atomic E-state index is 4.91. The smallest absolute Gasteiger partial charge is 0.0663 e. The van der Waals surface area contributed by atoms with Crippen LogP contribution in [0.4, 0.5) is 5.69 Å². The predicted octanol–water partition coefficient (Wildman–Crippen LogP) is 6.61. The van der Waals surface area contributed by atoms with Crippen molar-refractivity contribution in [1.29, 1.82) is 0 Å². The van der Waals surface area contributed by atoms with Gasteiger partial charge in [-0.25, -0.2) is 0 Å². The second-order valence-electron chi connectivity index (χ2n) is 7.94. The summed E-state index contributed by atoms with van der Waals surface area (Å²) in [5.74, 6) is 0. The van der Waals surface area contributed by atoms with Gasteiger partial charge in [-0.1, -0.05) is 81.8 Å². The summed E-state index contributed by atoms with van der Waals surface area (Å²) in [6.07, 6.45) is 2.99. The Morgan fingerprint density at radius 1 is 0.958 bits per heavy atom. The molecule has 0 aliphatic heterocycles. The van der Waals surface area contributed by atoms with E-state index in [0.29, 0.717) is 0 Å². The van der Waals surface area contributed by atoms with Gasteiger partial charge in [0.1, 0.15) is 0 Å². The van der Waals surface area contributed by atoms with Gasteiger partial charge in [0.2, 0.25) is 0 Å². The van der Waals surface area contributed by atoms with Gasteiger partial charge in [-0.2, -0.15) is 0 Å². The SMILES string of the molecule is C=C(C)CC(C)(C=Nc1ccccc1C(C)(C)C)c1ccccc1. The Morgan fingerprint density at radius 3 is 2.12 bits per heavy atom. The number of allylic oxidation sites excluding steroid dienone is 1. The molecule has 24 heavy (non-hydrogen) atoms. The highest BCUT2D eigenvalue weighted by molar-refractivity contribution is 5.77. The summed E-state index contributed by atoms with van der Waals surface area (Å²) in [6.45, 7) is 15.1. The molecule has 0 bridgehead atoms. The molecule has 0 fully saturated rings. The van der Waals surface area contributed by atoms with E-state index in [-0.39, 0.29) is 10.8 Å². The number of aliphatic imine (C=N–C) groups is 1. The van der Waals surface area contributed by atoms with Crippen molar-refractivity contribution in [2.24, 2.45) is 4.99 Å². The van der Waals surface area contributed by atoms with Crippen LogP contribution in [-0.4, -0.2) is 6.21 Å². The Hall–Kier alpha value is -2.15. The first-order valence-electron chi connectivity index (χ1n) is 8.57. The first-order valence-corrected chi connectivity index (χ1v) is 8.57. The lowest BCUT2D eigenvalue weighted by molar-refractivity contribution is 0.591. The fraction of sp³-hybridized carbons (Fsp3) is 0.348. The zero-order chi connectivity index (χ0) is 17.8. The van der Waals surface area contributed by atoms with Gasteiger partial charge >= 0.3 is 0 Å². The summed E-state index contributed by atoms with van der Waals surface area (Å²) in [5.41, 5.74) is 4.67. The average Bonchev–Trinajstić information content (AvgIpc) is 2.53. The Kier molecular flexibility index (Phi) is 5.43. The molecule has 1 atom stereocenters. The van der Waals surface area contributed by atoms with Crippen LogP contribution in [-0.2, 0) is 10.8 Å². The van der Waals surface area contributed by atoms with Crippen LogP contribution in [0.5, 0.6) is 0 Å². The Morgan fingerprint density at radius 2 is 1.54 bits per heavy atom. The maximum absolute atomic E-state index is 4.91. The van der Waals surface area contributed by atoms with E-state index in [4.69, 9.17) is 4.99 Å². The van der Waals surface area contributed by atoms with Crippen molar-refractivity contribution in [3.05, 3.63) is 77.9 Å². The summed E-state index contributed by atoms with van der Waals surface area (Å²) in [7, 11) is 0. The van der Waals surface area contributed by atoms with Gasteiger partial charge in [0.05, 0.1) is 5.69 Å². The second kappa shape index (κ2) is 7.17. The van der Waals surface area contributed by atoms with E-state index < -0.39 is 0 Å². The second-order valence-corrected chi connectivity index (χ2v) is 7.94. The van der Waals surface area contributed by atoms with Gasteiger partial charge in [0, 0.05) is 11.6 Å². The van der Waals surface area contributed by atoms with Crippen LogP contribution >= 0.6 is 0 Å². The maximum Gasteiger partial charge on any atom is 0.0663 e. The number of rotatable bonds is 5. The summed E-state index contributed by atoms with van der Waals surface area (Å²) in [5, 5.41) is 0. The molecular formula is C23H29N. The van der Waals surface area contributed by atoms with Crippen molar-refractivity contribution in [1.82, 2.24) is 0 Å². The monoisotopic (exact) mass is 319 g/mol. The minimum Gasteiger partial charge on any atom is -0.260 e. The lowest BCUT2D eigenvalue weighted by Crippen LogP contribution is -2.24. The summed E-state index contributed by atoms with van der Waals surface area (Å²) < 4.78 is 0. The van der Waals surface area contributed by atoms with E-state index >= 15 is 0 Å². The molecule has 2 aromatic rings. The van der Waals surface area contributed by atoms with Crippen molar-refractivity contribution < 1.29 is 0 Å². The van der Waals surface area contributed by atoms with Gasteiger partial charge in [-0.05, 0) is 36.0 Å². The molecule has 0 N–H and O–H groups in total. The van der Waals surface area contributed by atoms with Gasteiger partial charge in [-0.15, -0.1) is 6.58 Å². The summed E-state index contributed by atoms with van der Waals surface area (Å²) in [6, 6.07) is 19.0. The van der Waals surface area contributed by atoms with Crippen molar-refractivity contribution in [2.45, 2.75) is 51.9 Å². The molecule has 2 rings (SSSR count). The average molecular weight is 319 g/mol. The number of hydrogen-bond donors (Lipinski definition) is 0. The minimum absolute atomic E-state index is 0.0748. The fourth-order valence-electron chi connectivity index (χ4n) is 3.10. The van der Waals surface area contributed by atoms with E-state index in [0.717, 1.165) is 17.7 Å². The Bertz CT molecular complexity index is 719. The normalized spacial score (nSPS) is 14.5. The third-order valence-electron chi connectivity index (χ3n) is 4.30. The van der Waals surface area contributed by atoms with Gasteiger partial charge in [0.15, 0.2) is 0 Å². The first kappa shape index (κ1) is 18.2. The van der Waals surface area contributed by atoms with Crippen LogP contribution in [0.1, 0.15) is 52.2 Å². The third-order valence-corrected chi connectivity index (χ3v) is 4.30. The first-order chi connectivity index (χ1) is 11.2. The zero-order valence-electron chi connectivity index (χ0n) is 15.6. The van der Waals surface area contributed by atoms with Crippen molar-refractivity contribution in [3.63, 3.8) is 0 Å². The third kappa shape index (κ3) is 4.44. The van der Waals surface area contributed by atoms with E-state index in [1.807, 2.05) is 0 Å². The predicted molar refractivity (Wildman–Crippen MR) is 107 cm³/mol. The van der Waals surface area contributed by atoms with Crippen LogP contribution in [0.15, 0.2) is 71.7 Å². The molecule has 0 saturated heterocycles. The van der Waals surface area contributed by atoms with E-state index in [1.165, 1.54) is 11.1 Å². The highest BCUT2D eigenvalue weighted by atomic mass is 14.7. The van der Waals surface area contributed by atoms with Gasteiger partial charge in [-0.3, -0.25) is 4.99 Å². The number of para-hydroxylation sites is 1. The molecule has 0 radical (unpaired) electrons. The van der Waals surface area contributed by atoms with Gasteiger partial charge < -0.3 is 0 Å². The molecule has 0 aliphatic carbocycles. The van der Waals surface area contributed by atoms with Crippen molar-refractivity contribution in [2.75, 3.05) is 0 Å². The minimum atomic E-state index is -0.155. The lowest BCUT2D eigenvalue weighted by atomic mass is 9.78. The molecule has 2 aromatic carbocycles. The van der Waals surface area contributed by atoms with Crippen LogP contribution in [0, 0.1) is 0 Å². The lowest BCUT2D eigenvalue weighted by Gasteiger charge is -2.27. The largest absolute Gasteiger partial charge is 0.260 e. The van der Waals surface area contributed by atoms with Crippen LogP contribution in [0.3, 0.4) is 0 Å². The molecule has 1 nitrogen and oxygen atoms in total. The quantitative estimate of drug-likeness (QED) is 0.434. The summed E-state index contributed by atoms with van der Waals surface area (Å²) in [4.78, 5) is 4.91. The molecule has 0 saturated carbocycles. The van der Waals surface area contributed by atoms with Crippen LogP contribution in [0.2, 0.25) is 0 Å². The van der Waals surface area contributed by atoms with E-state index in [9.17, 15) is 0 Å². The number of nitrogens with zero attached hydrogens (tertiary/aromatic N) is 1. The molecule has 1 unspecified atom stereocenters. The highest BCUT2D eigenvalue weighted by Crippen LogP contribution is 2.33. The van der Waals surface area contributed by atoms with Crippen LogP contribution < -0.4 is 0 Å². The van der Waals surface area contributed by atoms with Crippen molar-refractivity contribution >= 4 is 11.9 Å². The molecule has 1 heteroatoms. The molecule has 0 amide bonds. The summed E-state index contributed by atoms with van der Waals surface area (Å²) >= 11 is 0. The van der Waals surface area contributed by atoms with Gasteiger partial charge in [0.25, 0.3) is 0 Å². The molecule has 0 aliphatic rings. The van der Waals surface area contributed by atoms with Crippen LogP contribution in [0.25, 0.3) is 0 Å². The molecule has 0 heterocycles. The topological polar surface area (TPSA) is 12.4 Å². The number of benzene rings is 2. The number of hydrogen-bond acceptors (Lipinski definition) is 1. The molecule has 0 aromatic heterocycles. The molecular weight excluding hydrogens is 290 g/mol. The van der Waals surface area contributed by atoms with Crippen molar-refractivity contribution in [3.8, 4) is 0 Å². The Labute approximate surface area is 147 Å². The zero-order valence-corrected chi connectivity index (χ0v) is 15.6. The molecule has 126 valence electrons. The standard InChI is InChI=1S/C23H29N/c1-18(2)16-23(6,19-12-8-7-9-13-19)17-24-21-15-11-10-14-20(21)22(3,4)5/h7-15,17H,1,16H2,2-6H3. The Balaban J connectivity index is 2.45.